The number of aryl methyl sites for hydroxylation is 1. The normalized spacial score (nSPS) is 11.5. The summed E-state index contributed by atoms with van der Waals surface area (Å²) in [6, 6.07) is 13.2. The Morgan fingerprint density at radius 3 is 2.62 bits per heavy atom. The summed E-state index contributed by atoms with van der Waals surface area (Å²) in [4.78, 5) is 16.7. The molecule has 4 aromatic rings. The molecule has 0 aliphatic carbocycles. The first-order chi connectivity index (χ1) is 16.4. The van der Waals surface area contributed by atoms with Gasteiger partial charge in [0.05, 0.1) is 25.0 Å². The van der Waals surface area contributed by atoms with Gasteiger partial charge in [-0.1, -0.05) is 23.7 Å². The van der Waals surface area contributed by atoms with Crippen LogP contribution in [0, 0.1) is 6.92 Å². The number of halogens is 1. The number of fused-ring (bicyclic) bond motifs is 1. The van der Waals surface area contributed by atoms with E-state index in [1.165, 1.54) is 12.3 Å². The molecule has 2 aromatic carbocycles. The summed E-state index contributed by atoms with van der Waals surface area (Å²) in [6.45, 7) is 6.39. The number of rotatable bonds is 7. The van der Waals surface area contributed by atoms with Gasteiger partial charge in [0.1, 0.15) is 22.9 Å². The molecule has 0 fully saturated rings. The van der Waals surface area contributed by atoms with E-state index in [2.05, 4.69) is 10.3 Å². The van der Waals surface area contributed by atoms with Gasteiger partial charge in [0, 0.05) is 34.3 Å². The number of amides is 1. The van der Waals surface area contributed by atoms with E-state index in [1.807, 2.05) is 51.1 Å². The van der Waals surface area contributed by atoms with Crippen LogP contribution in [0.5, 0.6) is 11.5 Å². The monoisotopic (exact) mass is 476 g/mol. The summed E-state index contributed by atoms with van der Waals surface area (Å²) in [5.74, 6) is 1.60. The third-order valence-corrected chi connectivity index (χ3v) is 5.70. The average Bonchev–Trinajstić information content (AvgIpc) is 3.25. The zero-order valence-corrected chi connectivity index (χ0v) is 20.2. The predicted octanol–water partition coefficient (Wildman–Crippen LogP) is 6.91. The number of nitrogens with zero attached hydrogens (tertiary/aromatic N) is 1. The predicted molar refractivity (Wildman–Crippen MR) is 136 cm³/mol. The van der Waals surface area contributed by atoms with Crippen molar-refractivity contribution >= 4 is 39.9 Å². The number of anilines is 1. The number of pyridine rings is 1. The highest BCUT2D eigenvalue weighted by atomic mass is 35.5. The van der Waals surface area contributed by atoms with E-state index in [1.54, 1.807) is 25.5 Å². The number of hydrogen-bond acceptors (Lipinski definition) is 5. The molecule has 1 N–H and O–H groups in total. The van der Waals surface area contributed by atoms with Gasteiger partial charge in [0.2, 0.25) is 5.91 Å². The first-order valence-electron chi connectivity index (χ1n) is 10.8. The van der Waals surface area contributed by atoms with Crippen molar-refractivity contribution in [2.45, 2.75) is 20.8 Å². The largest absolute Gasteiger partial charge is 0.496 e. The maximum absolute atomic E-state index is 12.6. The molecule has 2 aromatic heterocycles. The summed E-state index contributed by atoms with van der Waals surface area (Å²) < 4.78 is 17.2. The molecule has 0 aliphatic rings. The van der Waals surface area contributed by atoms with Crippen molar-refractivity contribution in [1.29, 1.82) is 0 Å². The van der Waals surface area contributed by atoms with Crippen molar-refractivity contribution in [2.75, 3.05) is 19.0 Å². The van der Waals surface area contributed by atoms with Crippen LogP contribution in [0.2, 0.25) is 5.02 Å². The van der Waals surface area contributed by atoms with Crippen molar-refractivity contribution in [3.63, 3.8) is 0 Å². The molecule has 0 aliphatic heterocycles. The van der Waals surface area contributed by atoms with Gasteiger partial charge in [-0.15, -0.1) is 0 Å². The van der Waals surface area contributed by atoms with E-state index in [4.69, 9.17) is 25.5 Å². The smallest absolute Gasteiger partial charge is 0.249 e. The van der Waals surface area contributed by atoms with Gasteiger partial charge >= 0.3 is 0 Å². The Hall–Kier alpha value is -3.77. The summed E-state index contributed by atoms with van der Waals surface area (Å²) in [6.07, 6.45) is 4.75. The Morgan fingerprint density at radius 2 is 1.97 bits per heavy atom. The number of hydrogen-bond donors (Lipinski definition) is 1. The Bertz CT molecular complexity index is 1360. The van der Waals surface area contributed by atoms with E-state index in [9.17, 15) is 4.79 Å². The van der Waals surface area contributed by atoms with Crippen LogP contribution in [0.1, 0.15) is 25.0 Å². The first-order valence-corrected chi connectivity index (χ1v) is 11.2. The van der Waals surface area contributed by atoms with Crippen molar-refractivity contribution in [2.24, 2.45) is 0 Å². The van der Waals surface area contributed by atoms with Crippen LogP contribution in [0.4, 0.5) is 5.82 Å². The van der Waals surface area contributed by atoms with Gasteiger partial charge in [-0.3, -0.25) is 4.79 Å². The van der Waals surface area contributed by atoms with Crippen molar-refractivity contribution < 1.29 is 18.7 Å². The van der Waals surface area contributed by atoms with Gasteiger partial charge < -0.3 is 19.2 Å². The molecule has 0 bridgehead atoms. The number of carbonyl (C=O) groups is 1. The van der Waals surface area contributed by atoms with E-state index in [0.29, 0.717) is 23.2 Å². The number of benzene rings is 2. The lowest BCUT2D eigenvalue weighted by atomic mass is 9.96. The van der Waals surface area contributed by atoms with Gasteiger partial charge in [-0.2, -0.15) is 0 Å². The van der Waals surface area contributed by atoms with Crippen LogP contribution in [-0.2, 0) is 4.79 Å². The number of ether oxygens (including phenoxy) is 2. The highest BCUT2D eigenvalue weighted by Gasteiger charge is 2.19. The topological polar surface area (TPSA) is 73.6 Å². The number of allylic oxidation sites excluding steroid dienone is 1. The Morgan fingerprint density at radius 1 is 1.21 bits per heavy atom. The maximum atomic E-state index is 12.6. The highest BCUT2D eigenvalue weighted by molar-refractivity contribution is 6.30. The molecule has 0 radical (unpaired) electrons. The molecule has 174 valence electrons. The summed E-state index contributed by atoms with van der Waals surface area (Å²) >= 11 is 5.86. The summed E-state index contributed by atoms with van der Waals surface area (Å²) in [5, 5.41) is 4.19. The van der Waals surface area contributed by atoms with Crippen molar-refractivity contribution in [1.82, 2.24) is 4.98 Å². The molecule has 0 spiro atoms. The Balaban J connectivity index is 1.72. The van der Waals surface area contributed by atoms with Gasteiger partial charge in [-0.05, 0) is 62.2 Å². The Kier molecular flexibility index (Phi) is 6.89. The highest BCUT2D eigenvalue weighted by Crippen LogP contribution is 2.40. The van der Waals surface area contributed by atoms with E-state index >= 15 is 0 Å². The quantitative estimate of drug-likeness (QED) is 0.293. The molecule has 0 saturated heterocycles. The fourth-order valence-electron chi connectivity index (χ4n) is 3.88. The van der Waals surface area contributed by atoms with Crippen LogP contribution >= 0.6 is 11.6 Å². The molecule has 6 nitrogen and oxygen atoms in total. The number of furan rings is 1. The van der Waals surface area contributed by atoms with Gasteiger partial charge in [-0.25, -0.2) is 4.98 Å². The average molecular weight is 477 g/mol. The second kappa shape index (κ2) is 10.0. The lowest BCUT2D eigenvalue weighted by Crippen LogP contribution is -2.10. The summed E-state index contributed by atoms with van der Waals surface area (Å²) in [7, 11) is 1.61. The molecular weight excluding hydrogens is 452 g/mol. The molecule has 34 heavy (non-hydrogen) atoms. The minimum Gasteiger partial charge on any atom is -0.496 e. The zero-order chi connectivity index (χ0) is 24.2. The third kappa shape index (κ3) is 4.77. The molecule has 0 saturated carbocycles. The van der Waals surface area contributed by atoms with Crippen LogP contribution in [0.15, 0.2) is 65.4 Å². The fraction of sp³-hybridized carbons (Fsp3) is 0.185. The van der Waals surface area contributed by atoms with E-state index in [0.717, 1.165) is 44.5 Å². The number of carbonyl (C=O) groups excluding carboxylic acids is 1. The molecule has 0 atom stereocenters. The molecule has 7 heteroatoms. The number of aromatic nitrogens is 1. The standard InChI is InChI=1S/C27H25ClN2O4/c1-5-33-20-9-6-18(7-10-20)23-15-34-27-17(3)26(32-4)21(13-22(23)27)16(2)12-25(31)30-24-11-8-19(28)14-29-24/h6-15H,5H2,1-4H3,(H,29,30,31)/b16-12+. The second-order valence-corrected chi connectivity index (χ2v) is 8.18. The zero-order valence-electron chi connectivity index (χ0n) is 19.4. The number of nitrogens with one attached hydrogen (secondary N) is 1. The second-order valence-electron chi connectivity index (χ2n) is 7.74. The molecule has 0 unspecified atom stereocenters. The molecule has 1 amide bonds. The Labute approximate surface area is 203 Å². The lowest BCUT2D eigenvalue weighted by Gasteiger charge is -2.13. The maximum Gasteiger partial charge on any atom is 0.249 e. The van der Waals surface area contributed by atoms with Crippen LogP contribution in [-0.4, -0.2) is 24.6 Å². The molecule has 2 heterocycles. The molecular formula is C27H25ClN2O4. The van der Waals surface area contributed by atoms with E-state index in [-0.39, 0.29) is 5.91 Å². The van der Waals surface area contributed by atoms with Gasteiger partial charge in [0.15, 0.2) is 0 Å². The van der Waals surface area contributed by atoms with Crippen LogP contribution < -0.4 is 14.8 Å². The van der Waals surface area contributed by atoms with Crippen molar-refractivity contribution in [3.8, 4) is 22.6 Å². The van der Waals surface area contributed by atoms with Crippen LogP contribution in [0.25, 0.3) is 27.7 Å². The summed E-state index contributed by atoms with van der Waals surface area (Å²) in [5.41, 5.74) is 5.11. The lowest BCUT2D eigenvalue weighted by molar-refractivity contribution is -0.111. The number of methoxy groups -OCH3 is 1. The van der Waals surface area contributed by atoms with Crippen LogP contribution in [0.3, 0.4) is 0 Å². The van der Waals surface area contributed by atoms with Gasteiger partial charge in [0.25, 0.3) is 0 Å². The molecule has 4 rings (SSSR count). The SMILES string of the molecule is CCOc1ccc(-c2coc3c(C)c(OC)c(/C(C)=C/C(=O)Nc4ccc(Cl)cn4)cc23)cc1. The third-order valence-electron chi connectivity index (χ3n) is 5.48. The van der Waals surface area contributed by atoms with Crippen molar-refractivity contribution in [3.05, 3.63) is 77.2 Å². The fourth-order valence-corrected chi connectivity index (χ4v) is 3.99. The van der Waals surface area contributed by atoms with E-state index < -0.39 is 0 Å². The minimum absolute atomic E-state index is 0.300. The first kappa shape index (κ1) is 23.4. The minimum atomic E-state index is -0.300.